The molecule has 5 nitrogen and oxygen atoms in total. The van der Waals surface area contributed by atoms with Gasteiger partial charge in [0.2, 0.25) is 0 Å². The van der Waals surface area contributed by atoms with Gasteiger partial charge in [-0.15, -0.1) is 0 Å². The molecule has 1 aromatic rings. The Balaban J connectivity index is 1.61. The standard InChI is InChI=1S/C21H29NO4/c1-4-26-20(25)18-11-16(18)13-22-9-8-21(3,14(2)12-22)17-7-5-6-15(10-17)19(23)24/h5-7,10,14,16,18H,4,8-9,11-13H2,1-3H3,(H,23,24). The van der Waals surface area contributed by atoms with E-state index in [0.29, 0.717) is 24.0 Å². The predicted octanol–water partition coefficient (Wildman–Crippen LogP) is 3.18. The van der Waals surface area contributed by atoms with E-state index in [4.69, 9.17) is 4.74 Å². The van der Waals surface area contributed by atoms with E-state index in [1.54, 1.807) is 6.07 Å². The van der Waals surface area contributed by atoms with Gasteiger partial charge in [0.1, 0.15) is 0 Å². The fraction of sp³-hybridized carbons (Fsp3) is 0.619. The second-order valence-corrected chi connectivity index (χ2v) is 8.07. The molecule has 0 radical (unpaired) electrons. The Kier molecular flexibility index (Phi) is 5.37. The number of rotatable bonds is 6. The van der Waals surface area contributed by atoms with Gasteiger partial charge in [0.25, 0.3) is 0 Å². The lowest BCUT2D eigenvalue weighted by Gasteiger charge is -2.45. The van der Waals surface area contributed by atoms with Crippen molar-refractivity contribution in [3.05, 3.63) is 35.4 Å². The van der Waals surface area contributed by atoms with Gasteiger partial charge in [-0.2, -0.15) is 0 Å². The average molecular weight is 359 g/mol. The van der Waals surface area contributed by atoms with Crippen LogP contribution in [0.4, 0.5) is 0 Å². The van der Waals surface area contributed by atoms with E-state index >= 15 is 0 Å². The molecule has 0 spiro atoms. The second-order valence-electron chi connectivity index (χ2n) is 8.07. The molecule has 1 saturated heterocycles. The molecule has 3 rings (SSSR count). The van der Waals surface area contributed by atoms with E-state index in [1.165, 1.54) is 0 Å². The van der Waals surface area contributed by atoms with Crippen LogP contribution in [0.3, 0.4) is 0 Å². The molecule has 0 amide bonds. The number of piperidine rings is 1. The lowest BCUT2D eigenvalue weighted by Crippen LogP contribution is -2.48. The van der Waals surface area contributed by atoms with E-state index in [-0.39, 0.29) is 17.3 Å². The molecule has 1 saturated carbocycles. The Morgan fingerprint density at radius 3 is 2.81 bits per heavy atom. The minimum Gasteiger partial charge on any atom is -0.478 e. The van der Waals surface area contributed by atoms with Crippen molar-refractivity contribution in [2.45, 2.75) is 39.0 Å². The molecule has 0 aromatic heterocycles. The Labute approximate surface area is 155 Å². The molecule has 1 N–H and O–H groups in total. The fourth-order valence-electron chi connectivity index (χ4n) is 4.24. The molecule has 2 aliphatic rings. The molecule has 5 heteroatoms. The normalized spacial score (nSPS) is 31.4. The van der Waals surface area contributed by atoms with Crippen LogP contribution < -0.4 is 0 Å². The van der Waals surface area contributed by atoms with Crippen molar-refractivity contribution in [2.24, 2.45) is 17.8 Å². The zero-order valence-corrected chi connectivity index (χ0v) is 15.9. The van der Waals surface area contributed by atoms with Crippen molar-refractivity contribution in [1.82, 2.24) is 4.90 Å². The van der Waals surface area contributed by atoms with Crippen molar-refractivity contribution < 1.29 is 19.4 Å². The van der Waals surface area contributed by atoms with E-state index in [2.05, 4.69) is 24.8 Å². The molecule has 1 aliphatic heterocycles. The smallest absolute Gasteiger partial charge is 0.335 e. The van der Waals surface area contributed by atoms with E-state index in [9.17, 15) is 14.7 Å². The number of ether oxygens (including phenoxy) is 1. The highest BCUT2D eigenvalue weighted by Crippen LogP contribution is 2.43. The zero-order valence-electron chi connectivity index (χ0n) is 15.9. The number of nitrogens with zero attached hydrogens (tertiary/aromatic N) is 1. The largest absolute Gasteiger partial charge is 0.478 e. The molecule has 0 bridgehead atoms. The number of hydrogen-bond acceptors (Lipinski definition) is 4. The van der Waals surface area contributed by atoms with Crippen LogP contribution in [0, 0.1) is 17.8 Å². The van der Waals surface area contributed by atoms with Gasteiger partial charge in [-0.05, 0) is 61.3 Å². The third kappa shape index (κ3) is 3.78. The molecule has 26 heavy (non-hydrogen) atoms. The van der Waals surface area contributed by atoms with Crippen LogP contribution in [0.15, 0.2) is 24.3 Å². The predicted molar refractivity (Wildman–Crippen MR) is 99.2 cm³/mol. The van der Waals surface area contributed by atoms with Gasteiger partial charge in [0.05, 0.1) is 18.1 Å². The fourth-order valence-corrected chi connectivity index (χ4v) is 4.24. The summed E-state index contributed by atoms with van der Waals surface area (Å²) in [6, 6.07) is 7.37. The summed E-state index contributed by atoms with van der Waals surface area (Å²) in [4.78, 5) is 25.6. The summed E-state index contributed by atoms with van der Waals surface area (Å²) < 4.78 is 5.12. The summed E-state index contributed by atoms with van der Waals surface area (Å²) in [5, 5.41) is 9.27. The van der Waals surface area contributed by atoms with Crippen molar-refractivity contribution in [3.8, 4) is 0 Å². The van der Waals surface area contributed by atoms with Crippen LogP contribution in [-0.2, 0) is 14.9 Å². The van der Waals surface area contributed by atoms with Gasteiger partial charge in [0, 0.05) is 13.1 Å². The highest BCUT2D eigenvalue weighted by Gasteiger charge is 2.46. The maximum absolute atomic E-state index is 11.8. The van der Waals surface area contributed by atoms with Gasteiger partial charge in [-0.3, -0.25) is 4.79 Å². The van der Waals surface area contributed by atoms with Gasteiger partial charge in [0.15, 0.2) is 0 Å². The first-order chi connectivity index (χ1) is 12.3. The van der Waals surface area contributed by atoms with Crippen molar-refractivity contribution in [2.75, 3.05) is 26.2 Å². The number of carbonyl (C=O) groups is 2. The highest BCUT2D eigenvalue weighted by atomic mass is 16.5. The summed E-state index contributed by atoms with van der Waals surface area (Å²) >= 11 is 0. The zero-order chi connectivity index (χ0) is 18.9. The van der Waals surface area contributed by atoms with Crippen molar-refractivity contribution >= 4 is 11.9 Å². The molecule has 1 aliphatic carbocycles. The second kappa shape index (κ2) is 7.39. The molecule has 1 aromatic carbocycles. The van der Waals surface area contributed by atoms with Crippen molar-refractivity contribution in [1.29, 1.82) is 0 Å². The van der Waals surface area contributed by atoms with E-state index in [0.717, 1.165) is 38.0 Å². The van der Waals surface area contributed by atoms with Gasteiger partial charge >= 0.3 is 11.9 Å². The molecule has 2 fully saturated rings. The maximum Gasteiger partial charge on any atom is 0.335 e. The first-order valence-electron chi connectivity index (χ1n) is 9.58. The van der Waals surface area contributed by atoms with Crippen LogP contribution in [0.2, 0.25) is 0 Å². The van der Waals surface area contributed by atoms with Crippen LogP contribution >= 0.6 is 0 Å². The Bertz CT molecular complexity index is 688. The van der Waals surface area contributed by atoms with Gasteiger partial charge < -0.3 is 14.7 Å². The molecule has 4 unspecified atom stereocenters. The lowest BCUT2D eigenvalue weighted by molar-refractivity contribution is -0.145. The van der Waals surface area contributed by atoms with Gasteiger partial charge in [-0.25, -0.2) is 4.79 Å². The first-order valence-corrected chi connectivity index (χ1v) is 9.58. The number of aromatic carboxylic acids is 1. The number of carboxylic acids is 1. The lowest BCUT2D eigenvalue weighted by atomic mass is 9.68. The SMILES string of the molecule is CCOC(=O)C1CC1CN1CCC(C)(c2cccc(C(=O)O)c2)C(C)C1. The number of esters is 1. The maximum atomic E-state index is 11.8. The van der Waals surface area contributed by atoms with Crippen LogP contribution in [0.1, 0.15) is 49.5 Å². The molecular weight excluding hydrogens is 330 g/mol. The topological polar surface area (TPSA) is 66.8 Å². The summed E-state index contributed by atoms with van der Waals surface area (Å²) in [6.45, 7) is 9.70. The van der Waals surface area contributed by atoms with E-state index < -0.39 is 5.97 Å². The number of carbonyl (C=O) groups excluding carboxylic acids is 1. The molecule has 1 heterocycles. The van der Waals surface area contributed by atoms with Crippen molar-refractivity contribution in [3.63, 3.8) is 0 Å². The number of carboxylic acid groups (broad SMARTS) is 1. The summed E-state index contributed by atoms with van der Waals surface area (Å²) in [5.41, 5.74) is 1.44. The monoisotopic (exact) mass is 359 g/mol. The molecular formula is C21H29NO4. The average Bonchev–Trinajstić information content (AvgIpc) is 3.38. The Hall–Kier alpha value is -1.88. The number of hydrogen-bond donors (Lipinski definition) is 1. The number of benzene rings is 1. The van der Waals surface area contributed by atoms with Gasteiger partial charge in [-0.1, -0.05) is 26.0 Å². The molecule has 4 atom stereocenters. The quantitative estimate of drug-likeness (QED) is 0.790. The minimum atomic E-state index is -0.876. The van der Waals surface area contributed by atoms with Crippen LogP contribution in [-0.4, -0.2) is 48.2 Å². The third-order valence-corrected chi connectivity index (χ3v) is 6.34. The Morgan fingerprint density at radius 1 is 1.38 bits per heavy atom. The summed E-state index contributed by atoms with van der Waals surface area (Å²) in [6.07, 6.45) is 1.94. The first kappa shape index (κ1) is 18.9. The van der Waals surface area contributed by atoms with Crippen LogP contribution in [0.5, 0.6) is 0 Å². The third-order valence-electron chi connectivity index (χ3n) is 6.34. The summed E-state index contributed by atoms with van der Waals surface area (Å²) in [5.74, 6) is 0.0176. The highest BCUT2D eigenvalue weighted by molar-refractivity contribution is 5.87. The van der Waals surface area contributed by atoms with Crippen LogP contribution in [0.25, 0.3) is 0 Å². The minimum absolute atomic E-state index is 0.0218. The Morgan fingerprint density at radius 2 is 2.15 bits per heavy atom. The number of likely N-dealkylation sites (tertiary alicyclic amines) is 1. The van der Waals surface area contributed by atoms with E-state index in [1.807, 2.05) is 19.1 Å². The molecule has 142 valence electrons. The summed E-state index contributed by atoms with van der Waals surface area (Å²) in [7, 11) is 0.